The molecule has 0 aliphatic carbocycles. The van der Waals surface area contributed by atoms with Crippen molar-refractivity contribution >= 4 is 5.91 Å². The van der Waals surface area contributed by atoms with Crippen LogP contribution < -0.4 is 4.74 Å². The molecule has 2 aromatic rings. The van der Waals surface area contributed by atoms with E-state index in [2.05, 4.69) is 26.9 Å². The van der Waals surface area contributed by atoms with E-state index >= 15 is 0 Å². The van der Waals surface area contributed by atoms with Crippen molar-refractivity contribution in [2.24, 2.45) is 5.92 Å². The van der Waals surface area contributed by atoms with Gasteiger partial charge in [-0.05, 0) is 54.2 Å². The number of carbonyl (C=O) groups excluding carboxylic acids is 1. The SMILES string of the molecule is COc1ccc(CN2C[C@@H]3CC[C@H](C2)N(C(=O)Cc2ccncc2)C3)cc1. The van der Waals surface area contributed by atoms with Crippen molar-refractivity contribution in [3.63, 3.8) is 0 Å². The van der Waals surface area contributed by atoms with E-state index < -0.39 is 0 Å². The number of fused-ring (bicyclic) bond motifs is 4. The zero-order valence-corrected chi connectivity index (χ0v) is 15.9. The number of hydrogen-bond acceptors (Lipinski definition) is 4. The highest BCUT2D eigenvalue weighted by Crippen LogP contribution is 2.29. The molecule has 0 N–H and O–H groups in total. The van der Waals surface area contributed by atoms with Crippen molar-refractivity contribution in [1.29, 1.82) is 0 Å². The maximum absolute atomic E-state index is 12.9. The van der Waals surface area contributed by atoms with Gasteiger partial charge in [-0.25, -0.2) is 0 Å². The molecular formula is C22H27N3O2. The van der Waals surface area contributed by atoms with Gasteiger partial charge in [-0.1, -0.05) is 12.1 Å². The van der Waals surface area contributed by atoms with Crippen LogP contribution in [0.2, 0.25) is 0 Å². The molecular weight excluding hydrogens is 338 g/mol. The highest BCUT2D eigenvalue weighted by molar-refractivity contribution is 5.79. The van der Waals surface area contributed by atoms with Crippen molar-refractivity contribution in [2.75, 3.05) is 26.7 Å². The molecule has 3 saturated heterocycles. The quantitative estimate of drug-likeness (QED) is 0.817. The monoisotopic (exact) mass is 365 g/mol. The minimum absolute atomic E-state index is 0.252. The van der Waals surface area contributed by atoms with Crippen molar-refractivity contribution in [3.8, 4) is 5.75 Å². The third kappa shape index (κ3) is 4.30. The zero-order valence-electron chi connectivity index (χ0n) is 15.9. The summed E-state index contributed by atoms with van der Waals surface area (Å²) in [5.74, 6) is 1.72. The molecule has 5 nitrogen and oxygen atoms in total. The molecule has 5 heteroatoms. The molecule has 0 unspecified atom stereocenters. The molecule has 3 aliphatic heterocycles. The zero-order chi connectivity index (χ0) is 18.6. The van der Waals surface area contributed by atoms with Gasteiger partial charge in [-0.15, -0.1) is 0 Å². The molecule has 1 amide bonds. The Morgan fingerprint density at radius 3 is 2.56 bits per heavy atom. The van der Waals surface area contributed by atoms with Crippen LogP contribution in [0.1, 0.15) is 24.0 Å². The largest absolute Gasteiger partial charge is 0.497 e. The van der Waals surface area contributed by atoms with Crippen molar-refractivity contribution in [3.05, 3.63) is 59.9 Å². The number of benzene rings is 1. The van der Waals surface area contributed by atoms with Gasteiger partial charge >= 0.3 is 0 Å². The first-order valence-corrected chi connectivity index (χ1v) is 9.75. The fourth-order valence-electron chi connectivity index (χ4n) is 4.38. The van der Waals surface area contributed by atoms with E-state index in [0.717, 1.165) is 43.9 Å². The Hall–Kier alpha value is -2.40. The van der Waals surface area contributed by atoms with E-state index in [0.29, 0.717) is 18.4 Å². The topological polar surface area (TPSA) is 45.7 Å². The molecule has 3 fully saturated rings. The number of pyridine rings is 1. The lowest BCUT2D eigenvalue weighted by Crippen LogP contribution is -2.48. The van der Waals surface area contributed by atoms with Crippen LogP contribution in [0.15, 0.2) is 48.8 Å². The Balaban J connectivity index is 1.41. The van der Waals surface area contributed by atoms with Crippen LogP contribution in [0, 0.1) is 5.92 Å². The predicted molar refractivity (Wildman–Crippen MR) is 104 cm³/mol. The number of ether oxygens (including phenoxy) is 1. The number of rotatable bonds is 5. The lowest BCUT2D eigenvalue weighted by molar-refractivity contribution is -0.134. The van der Waals surface area contributed by atoms with E-state index in [4.69, 9.17) is 4.74 Å². The van der Waals surface area contributed by atoms with Gasteiger partial charge in [0.25, 0.3) is 0 Å². The number of amides is 1. The van der Waals surface area contributed by atoms with Crippen LogP contribution in [0.25, 0.3) is 0 Å². The first-order chi connectivity index (χ1) is 13.2. The van der Waals surface area contributed by atoms with E-state index in [1.165, 1.54) is 12.0 Å². The summed E-state index contributed by atoms with van der Waals surface area (Å²) in [6.07, 6.45) is 6.33. The normalized spacial score (nSPS) is 22.5. The van der Waals surface area contributed by atoms with Gasteiger partial charge in [0.1, 0.15) is 5.75 Å². The number of nitrogens with zero attached hydrogens (tertiary/aromatic N) is 3. The van der Waals surface area contributed by atoms with Crippen molar-refractivity contribution in [2.45, 2.75) is 31.8 Å². The Morgan fingerprint density at radius 1 is 1.04 bits per heavy atom. The summed E-state index contributed by atoms with van der Waals surface area (Å²) < 4.78 is 5.25. The highest BCUT2D eigenvalue weighted by atomic mass is 16.5. The molecule has 4 heterocycles. The fraction of sp³-hybridized carbons (Fsp3) is 0.455. The van der Waals surface area contributed by atoms with Crippen LogP contribution in [0.3, 0.4) is 0 Å². The summed E-state index contributed by atoms with van der Waals surface area (Å²) in [7, 11) is 1.69. The third-order valence-electron chi connectivity index (χ3n) is 5.78. The number of hydrogen-bond donors (Lipinski definition) is 0. The molecule has 0 saturated carbocycles. The minimum atomic E-state index is 0.252. The molecule has 142 valence electrons. The summed E-state index contributed by atoms with van der Waals surface area (Å²) in [4.78, 5) is 21.6. The predicted octanol–water partition coefficient (Wildman–Crippen LogP) is 2.76. The van der Waals surface area contributed by atoms with Crippen LogP contribution in [0.4, 0.5) is 0 Å². The maximum atomic E-state index is 12.9. The lowest BCUT2D eigenvalue weighted by atomic mass is 9.94. The van der Waals surface area contributed by atoms with E-state index in [1.54, 1.807) is 19.5 Å². The van der Waals surface area contributed by atoms with Gasteiger partial charge in [-0.3, -0.25) is 14.7 Å². The maximum Gasteiger partial charge on any atom is 0.227 e. The summed E-state index contributed by atoms with van der Waals surface area (Å²) in [5.41, 5.74) is 2.34. The first-order valence-electron chi connectivity index (χ1n) is 9.75. The second-order valence-corrected chi connectivity index (χ2v) is 7.72. The summed E-state index contributed by atoms with van der Waals surface area (Å²) in [5, 5.41) is 0. The molecule has 3 aliphatic rings. The molecule has 2 atom stereocenters. The van der Waals surface area contributed by atoms with Crippen molar-refractivity contribution in [1.82, 2.24) is 14.8 Å². The standard InChI is InChI=1S/C22H27N3O2/c1-27-21-6-3-18(4-7-21)13-24-14-19-2-5-20(16-24)25(15-19)22(26)12-17-8-10-23-11-9-17/h3-4,6-11,19-20H,2,5,12-16H2,1H3/t19-,20+/m0/s1. The molecule has 0 radical (unpaired) electrons. The Bertz CT molecular complexity index is 763. The Labute approximate surface area is 161 Å². The van der Waals surface area contributed by atoms with E-state index in [9.17, 15) is 4.79 Å². The minimum Gasteiger partial charge on any atom is -0.497 e. The lowest BCUT2D eigenvalue weighted by Gasteiger charge is -2.36. The van der Waals surface area contributed by atoms with Crippen molar-refractivity contribution < 1.29 is 9.53 Å². The van der Waals surface area contributed by atoms with Gasteiger partial charge in [0, 0.05) is 44.6 Å². The van der Waals surface area contributed by atoms with Gasteiger partial charge in [-0.2, -0.15) is 0 Å². The Kier molecular flexibility index (Phi) is 5.39. The summed E-state index contributed by atoms with van der Waals surface area (Å²) in [6, 6.07) is 12.5. The molecule has 5 rings (SSSR count). The second-order valence-electron chi connectivity index (χ2n) is 7.72. The summed E-state index contributed by atoms with van der Waals surface area (Å²) >= 11 is 0. The van der Waals surface area contributed by atoms with E-state index in [-0.39, 0.29) is 5.91 Å². The number of aromatic nitrogens is 1. The highest BCUT2D eigenvalue weighted by Gasteiger charge is 2.36. The number of piperidine rings is 1. The smallest absolute Gasteiger partial charge is 0.227 e. The molecule has 1 aromatic carbocycles. The van der Waals surface area contributed by atoms with Crippen LogP contribution in [0.5, 0.6) is 5.75 Å². The second kappa shape index (κ2) is 8.09. The molecule has 0 spiro atoms. The van der Waals surface area contributed by atoms with Gasteiger partial charge in [0.15, 0.2) is 0 Å². The fourth-order valence-corrected chi connectivity index (χ4v) is 4.38. The van der Waals surface area contributed by atoms with E-state index in [1.807, 2.05) is 24.3 Å². The number of carbonyl (C=O) groups is 1. The summed E-state index contributed by atoms with van der Waals surface area (Å²) in [6.45, 7) is 3.86. The van der Waals surface area contributed by atoms with Crippen LogP contribution >= 0.6 is 0 Å². The number of methoxy groups -OCH3 is 1. The molecule has 1 aromatic heterocycles. The third-order valence-corrected chi connectivity index (χ3v) is 5.78. The van der Waals surface area contributed by atoms with Gasteiger partial charge in [0.05, 0.1) is 13.5 Å². The average Bonchev–Trinajstić information content (AvgIpc) is 3.00. The molecule has 27 heavy (non-hydrogen) atoms. The van der Waals surface area contributed by atoms with Gasteiger partial charge < -0.3 is 9.64 Å². The Morgan fingerprint density at radius 2 is 1.81 bits per heavy atom. The first kappa shape index (κ1) is 18.0. The van der Waals surface area contributed by atoms with Crippen LogP contribution in [-0.2, 0) is 17.8 Å². The molecule has 2 bridgehead atoms. The van der Waals surface area contributed by atoms with Crippen LogP contribution in [-0.4, -0.2) is 53.5 Å². The average molecular weight is 365 g/mol. The van der Waals surface area contributed by atoms with Gasteiger partial charge in [0.2, 0.25) is 5.91 Å².